The number of carbonyl (C=O) groups is 1. The van der Waals surface area contributed by atoms with E-state index >= 15 is 0 Å². The van der Waals surface area contributed by atoms with E-state index in [1.54, 1.807) is 0 Å². The lowest BCUT2D eigenvalue weighted by molar-refractivity contribution is -0.508. The maximum Gasteiger partial charge on any atom is 0.270 e. The van der Waals surface area contributed by atoms with E-state index in [1.807, 2.05) is 25.1 Å². The molecule has 0 aliphatic heterocycles. The summed E-state index contributed by atoms with van der Waals surface area (Å²) in [5.74, 6) is -0.222. The van der Waals surface area contributed by atoms with Crippen molar-refractivity contribution >= 4 is 5.78 Å². The fourth-order valence-corrected chi connectivity index (χ4v) is 2.10. The van der Waals surface area contributed by atoms with Crippen molar-refractivity contribution in [2.45, 2.75) is 51.5 Å². The Kier molecular flexibility index (Phi) is 6.79. The molecule has 0 N–H and O–H groups in total. The zero-order chi connectivity index (χ0) is 14.1. The fourth-order valence-electron chi connectivity index (χ4n) is 2.10. The molecular weight excluding hydrogens is 242 g/mol. The SMILES string of the molecule is CCCC(C(=O)CCCCc1ccccc1)[N+](=O)[O-]. The normalized spacial score (nSPS) is 12.1. The molecule has 4 nitrogen and oxygen atoms in total. The van der Waals surface area contributed by atoms with Crippen LogP contribution in [-0.2, 0) is 11.2 Å². The highest BCUT2D eigenvalue weighted by atomic mass is 16.6. The third-order valence-corrected chi connectivity index (χ3v) is 3.17. The zero-order valence-corrected chi connectivity index (χ0v) is 11.4. The third-order valence-electron chi connectivity index (χ3n) is 3.17. The fraction of sp³-hybridized carbons (Fsp3) is 0.533. The largest absolute Gasteiger partial charge is 0.292 e. The van der Waals surface area contributed by atoms with Crippen molar-refractivity contribution in [2.24, 2.45) is 0 Å². The highest BCUT2D eigenvalue weighted by molar-refractivity contribution is 5.82. The molecule has 0 spiro atoms. The molecule has 1 aromatic rings. The Bertz CT molecular complexity index is 403. The topological polar surface area (TPSA) is 60.2 Å². The smallest absolute Gasteiger partial charge is 0.270 e. The summed E-state index contributed by atoms with van der Waals surface area (Å²) in [6, 6.07) is 9.06. The molecule has 0 aliphatic rings. The van der Waals surface area contributed by atoms with Gasteiger partial charge in [-0.15, -0.1) is 0 Å². The van der Waals surface area contributed by atoms with E-state index in [-0.39, 0.29) is 5.78 Å². The molecule has 1 unspecified atom stereocenters. The quantitative estimate of drug-likeness (QED) is 0.389. The minimum absolute atomic E-state index is 0.222. The van der Waals surface area contributed by atoms with Gasteiger partial charge in [0.05, 0.1) is 0 Å². The van der Waals surface area contributed by atoms with Crippen molar-refractivity contribution in [1.29, 1.82) is 0 Å². The van der Waals surface area contributed by atoms with Gasteiger partial charge in [-0.05, 0) is 31.2 Å². The van der Waals surface area contributed by atoms with Gasteiger partial charge in [-0.3, -0.25) is 14.9 Å². The number of nitrogens with zero attached hydrogens (tertiary/aromatic N) is 1. The second-order valence-electron chi connectivity index (χ2n) is 4.75. The number of Topliss-reactive ketones (excluding diaryl/α,β-unsaturated/α-hetero) is 1. The standard InChI is InChI=1S/C15H21NO3/c1-2-8-14(16(18)19)15(17)12-7-6-11-13-9-4-3-5-10-13/h3-5,9-10,14H,2,6-8,11-12H2,1H3. The molecule has 0 heterocycles. The molecule has 1 rings (SSSR count). The Morgan fingerprint density at radius 3 is 2.53 bits per heavy atom. The van der Waals surface area contributed by atoms with Crippen LogP contribution < -0.4 is 0 Å². The molecule has 0 radical (unpaired) electrons. The number of carbonyl (C=O) groups excluding carboxylic acids is 1. The van der Waals surface area contributed by atoms with E-state index in [2.05, 4.69) is 12.1 Å². The molecule has 1 atom stereocenters. The number of benzene rings is 1. The van der Waals surface area contributed by atoms with Crippen LogP contribution in [0.15, 0.2) is 30.3 Å². The molecule has 0 saturated heterocycles. The monoisotopic (exact) mass is 263 g/mol. The minimum Gasteiger partial charge on any atom is -0.292 e. The van der Waals surface area contributed by atoms with Crippen LogP contribution in [0.2, 0.25) is 0 Å². The average Bonchev–Trinajstić information content (AvgIpc) is 2.41. The van der Waals surface area contributed by atoms with Crippen LogP contribution >= 0.6 is 0 Å². The lowest BCUT2D eigenvalue weighted by Gasteiger charge is -2.07. The summed E-state index contributed by atoms with van der Waals surface area (Å²) in [4.78, 5) is 22.1. The first-order valence-electron chi connectivity index (χ1n) is 6.85. The average molecular weight is 263 g/mol. The predicted molar refractivity (Wildman–Crippen MR) is 74.7 cm³/mol. The van der Waals surface area contributed by atoms with Gasteiger partial charge in [0.15, 0.2) is 0 Å². The Balaban J connectivity index is 2.28. The molecule has 0 aliphatic carbocycles. The molecule has 0 bridgehead atoms. The summed E-state index contributed by atoms with van der Waals surface area (Å²) in [5, 5.41) is 10.8. The van der Waals surface area contributed by atoms with E-state index in [4.69, 9.17) is 0 Å². The summed E-state index contributed by atoms with van der Waals surface area (Å²) in [6.45, 7) is 1.86. The maximum atomic E-state index is 11.7. The first kappa shape index (κ1) is 15.3. The van der Waals surface area contributed by atoms with Crippen LogP contribution in [0.5, 0.6) is 0 Å². The molecule has 4 heteroatoms. The van der Waals surface area contributed by atoms with Crippen molar-refractivity contribution in [3.63, 3.8) is 0 Å². The van der Waals surface area contributed by atoms with E-state index in [1.165, 1.54) is 5.56 Å². The first-order valence-corrected chi connectivity index (χ1v) is 6.85. The van der Waals surface area contributed by atoms with Gasteiger partial charge in [-0.25, -0.2) is 0 Å². The maximum absolute atomic E-state index is 11.7. The Labute approximate surface area is 114 Å². The lowest BCUT2D eigenvalue weighted by Crippen LogP contribution is -2.29. The second-order valence-corrected chi connectivity index (χ2v) is 4.75. The molecule has 104 valence electrons. The van der Waals surface area contributed by atoms with Gasteiger partial charge < -0.3 is 0 Å². The summed E-state index contributed by atoms with van der Waals surface area (Å²) >= 11 is 0. The van der Waals surface area contributed by atoms with Crippen LogP contribution in [0, 0.1) is 10.1 Å². The number of rotatable bonds is 9. The molecule has 1 aromatic carbocycles. The first-order chi connectivity index (χ1) is 9.15. The van der Waals surface area contributed by atoms with Crippen LogP contribution in [0.25, 0.3) is 0 Å². The van der Waals surface area contributed by atoms with Gasteiger partial charge in [0, 0.05) is 17.8 Å². The summed E-state index contributed by atoms with van der Waals surface area (Å²) < 4.78 is 0. The highest BCUT2D eigenvalue weighted by Crippen LogP contribution is 2.10. The summed E-state index contributed by atoms with van der Waals surface area (Å²) in [5.41, 5.74) is 1.24. The number of hydrogen-bond acceptors (Lipinski definition) is 3. The lowest BCUT2D eigenvalue weighted by atomic mass is 10.0. The number of unbranched alkanes of at least 4 members (excludes halogenated alkanes) is 1. The van der Waals surface area contributed by atoms with Gasteiger partial charge in [-0.1, -0.05) is 37.3 Å². The summed E-state index contributed by atoms with van der Waals surface area (Å²) in [6.07, 6.45) is 3.88. The number of hydrogen-bond donors (Lipinski definition) is 0. The van der Waals surface area contributed by atoms with Crippen LogP contribution in [-0.4, -0.2) is 16.7 Å². The van der Waals surface area contributed by atoms with Crippen LogP contribution in [0.4, 0.5) is 0 Å². The number of aryl methyl sites for hydroxylation is 1. The van der Waals surface area contributed by atoms with Crippen molar-refractivity contribution in [1.82, 2.24) is 0 Å². The van der Waals surface area contributed by atoms with E-state index < -0.39 is 11.0 Å². The number of ketones is 1. The van der Waals surface area contributed by atoms with Crippen molar-refractivity contribution < 1.29 is 9.72 Å². The van der Waals surface area contributed by atoms with Gasteiger partial charge in [0.25, 0.3) is 6.04 Å². The van der Waals surface area contributed by atoms with Crippen LogP contribution in [0.3, 0.4) is 0 Å². The van der Waals surface area contributed by atoms with Gasteiger partial charge >= 0.3 is 0 Å². The summed E-state index contributed by atoms with van der Waals surface area (Å²) in [7, 11) is 0. The molecule has 19 heavy (non-hydrogen) atoms. The predicted octanol–water partition coefficient (Wildman–Crippen LogP) is 3.41. The molecule has 0 fully saturated rings. The Morgan fingerprint density at radius 2 is 1.95 bits per heavy atom. The zero-order valence-electron chi connectivity index (χ0n) is 11.4. The van der Waals surface area contributed by atoms with Crippen molar-refractivity contribution in [3.05, 3.63) is 46.0 Å². The second kappa shape index (κ2) is 8.40. The molecule has 0 aromatic heterocycles. The third kappa shape index (κ3) is 5.64. The molecular formula is C15H21NO3. The molecule has 0 saturated carbocycles. The van der Waals surface area contributed by atoms with E-state index in [9.17, 15) is 14.9 Å². The van der Waals surface area contributed by atoms with Gasteiger partial charge in [0.2, 0.25) is 5.78 Å². The molecule has 0 amide bonds. The van der Waals surface area contributed by atoms with E-state index in [0.29, 0.717) is 19.3 Å². The van der Waals surface area contributed by atoms with Crippen molar-refractivity contribution in [2.75, 3.05) is 0 Å². The minimum atomic E-state index is -0.998. The van der Waals surface area contributed by atoms with Gasteiger partial charge in [0.1, 0.15) is 0 Å². The van der Waals surface area contributed by atoms with Crippen molar-refractivity contribution in [3.8, 4) is 0 Å². The number of nitro groups is 1. The Morgan fingerprint density at radius 1 is 1.26 bits per heavy atom. The van der Waals surface area contributed by atoms with Gasteiger partial charge in [-0.2, -0.15) is 0 Å². The highest BCUT2D eigenvalue weighted by Gasteiger charge is 2.27. The van der Waals surface area contributed by atoms with E-state index in [0.717, 1.165) is 19.3 Å². The van der Waals surface area contributed by atoms with Crippen LogP contribution in [0.1, 0.15) is 44.6 Å². The Hall–Kier alpha value is -1.71.